The van der Waals surface area contributed by atoms with Crippen molar-refractivity contribution >= 4 is 16.2 Å². The average molecular weight is 288 g/mol. The van der Waals surface area contributed by atoms with Crippen LogP contribution in [0.25, 0.3) is 0 Å². The minimum absolute atomic E-state index is 0.261. The lowest BCUT2D eigenvalue weighted by Crippen LogP contribution is -2.46. The number of carboxylic acid groups (broad SMARTS) is 1. The number of piperidine rings is 1. The Kier molecular flexibility index (Phi) is 6.28. The predicted molar refractivity (Wildman–Crippen MR) is 71.5 cm³/mol. The Morgan fingerprint density at radius 3 is 2.53 bits per heavy atom. The van der Waals surface area contributed by atoms with Crippen LogP contribution in [-0.2, 0) is 15.0 Å². The summed E-state index contributed by atoms with van der Waals surface area (Å²) in [5.41, 5.74) is 0. The molecule has 1 aliphatic rings. The molecule has 1 aliphatic heterocycles. The fraction of sp³-hybridized carbons (Fsp3) is 0.750. The van der Waals surface area contributed by atoms with Crippen molar-refractivity contribution in [2.75, 3.05) is 19.6 Å². The van der Waals surface area contributed by atoms with Crippen LogP contribution in [0.1, 0.15) is 32.1 Å². The van der Waals surface area contributed by atoms with E-state index in [1.807, 2.05) is 0 Å². The van der Waals surface area contributed by atoms with E-state index in [0.717, 1.165) is 6.42 Å². The van der Waals surface area contributed by atoms with Crippen molar-refractivity contribution in [2.45, 2.75) is 32.1 Å². The van der Waals surface area contributed by atoms with Gasteiger partial charge < -0.3 is 5.11 Å². The molecule has 2 N–H and O–H groups in total. The smallest absolute Gasteiger partial charge is 0.306 e. The van der Waals surface area contributed by atoms with Gasteiger partial charge in [-0.2, -0.15) is 12.7 Å². The zero-order valence-corrected chi connectivity index (χ0v) is 11.7. The van der Waals surface area contributed by atoms with Crippen LogP contribution in [0.15, 0.2) is 0 Å². The Morgan fingerprint density at radius 1 is 1.37 bits per heavy atom. The van der Waals surface area contributed by atoms with Gasteiger partial charge in [-0.15, -0.1) is 12.3 Å². The lowest BCUT2D eigenvalue weighted by Gasteiger charge is -2.29. The highest BCUT2D eigenvalue weighted by atomic mass is 32.2. The third-order valence-electron chi connectivity index (χ3n) is 3.18. The minimum Gasteiger partial charge on any atom is -0.481 e. The highest BCUT2D eigenvalue weighted by Crippen LogP contribution is 2.19. The molecule has 1 fully saturated rings. The van der Waals surface area contributed by atoms with Crippen molar-refractivity contribution < 1.29 is 18.3 Å². The summed E-state index contributed by atoms with van der Waals surface area (Å²) in [6, 6.07) is 0. The molecule has 0 saturated carbocycles. The maximum atomic E-state index is 11.9. The Morgan fingerprint density at radius 2 is 2.00 bits per heavy atom. The van der Waals surface area contributed by atoms with Gasteiger partial charge in [-0.05, 0) is 25.7 Å². The van der Waals surface area contributed by atoms with Crippen LogP contribution >= 0.6 is 0 Å². The zero-order valence-electron chi connectivity index (χ0n) is 10.8. The van der Waals surface area contributed by atoms with E-state index in [2.05, 4.69) is 10.6 Å². The molecule has 0 unspecified atom stereocenters. The summed E-state index contributed by atoms with van der Waals surface area (Å²) in [6.07, 6.45) is 7.98. The van der Waals surface area contributed by atoms with E-state index in [1.54, 1.807) is 0 Å². The molecule has 19 heavy (non-hydrogen) atoms. The first-order valence-electron chi connectivity index (χ1n) is 6.38. The lowest BCUT2D eigenvalue weighted by molar-refractivity contribution is -0.142. The van der Waals surface area contributed by atoms with Crippen molar-refractivity contribution in [3.05, 3.63) is 0 Å². The van der Waals surface area contributed by atoms with Crippen LogP contribution in [0.2, 0.25) is 0 Å². The quantitative estimate of drug-likeness (QED) is 0.525. The maximum Gasteiger partial charge on any atom is 0.306 e. The van der Waals surface area contributed by atoms with Gasteiger partial charge in [-0.3, -0.25) is 4.79 Å². The van der Waals surface area contributed by atoms with Gasteiger partial charge in [0.25, 0.3) is 10.2 Å². The van der Waals surface area contributed by atoms with E-state index in [4.69, 9.17) is 11.5 Å². The van der Waals surface area contributed by atoms with Crippen molar-refractivity contribution in [3.63, 3.8) is 0 Å². The monoisotopic (exact) mass is 288 g/mol. The third-order valence-corrected chi connectivity index (χ3v) is 4.79. The largest absolute Gasteiger partial charge is 0.481 e. The van der Waals surface area contributed by atoms with Gasteiger partial charge in [-0.1, -0.05) is 0 Å². The number of nitrogens with one attached hydrogen (secondary N) is 1. The van der Waals surface area contributed by atoms with E-state index >= 15 is 0 Å². The molecule has 0 aromatic rings. The van der Waals surface area contributed by atoms with Gasteiger partial charge in [-0.25, -0.2) is 4.72 Å². The first-order chi connectivity index (χ1) is 8.97. The molecule has 0 bridgehead atoms. The molecule has 0 atom stereocenters. The molecule has 0 aromatic carbocycles. The number of rotatable bonds is 7. The number of hydrogen-bond donors (Lipinski definition) is 2. The van der Waals surface area contributed by atoms with E-state index in [0.29, 0.717) is 32.2 Å². The summed E-state index contributed by atoms with van der Waals surface area (Å²) in [6.45, 7) is 0.885. The molecule has 0 aromatic heterocycles. The SMILES string of the molecule is C#CCCCCNS(=O)(=O)N1CCC(C(=O)O)CC1. The summed E-state index contributed by atoms with van der Waals surface area (Å²) in [5, 5.41) is 8.85. The summed E-state index contributed by atoms with van der Waals surface area (Å²) in [4.78, 5) is 10.8. The molecule has 0 amide bonds. The van der Waals surface area contributed by atoms with Gasteiger partial charge in [0.1, 0.15) is 0 Å². The Hall–Kier alpha value is -1.10. The van der Waals surface area contributed by atoms with E-state index in [1.165, 1.54) is 4.31 Å². The Balaban J connectivity index is 2.34. The summed E-state index contributed by atoms with van der Waals surface area (Å²) < 4.78 is 27.7. The van der Waals surface area contributed by atoms with Crippen LogP contribution in [0.4, 0.5) is 0 Å². The van der Waals surface area contributed by atoms with E-state index in [-0.39, 0.29) is 13.1 Å². The maximum absolute atomic E-state index is 11.9. The van der Waals surface area contributed by atoms with Crippen LogP contribution in [0.3, 0.4) is 0 Å². The average Bonchev–Trinajstić information content (AvgIpc) is 2.38. The van der Waals surface area contributed by atoms with E-state index < -0.39 is 22.1 Å². The number of carboxylic acids is 1. The second-order valence-electron chi connectivity index (χ2n) is 4.57. The van der Waals surface area contributed by atoms with Gasteiger partial charge in [0.15, 0.2) is 0 Å². The van der Waals surface area contributed by atoms with Gasteiger partial charge in [0.2, 0.25) is 0 Å². The Labute approximate surface area is 114 Å². The summed E-state index contributed by atoms with van der Waals surface area (Å²) in [5.74, 6) is 1.22. The zero-order chi connectivity index (χ0) is 14.3. The molecule has 0 aliphatic carbocycles. The second-order valence-corrected chi connectivity index (χ2v) is 6.33. The normalized spacial score (nSPS) is 18.1. The van der Waals surface area contributed by atoms with Crippen molar-refractivity contribution in [3.8, 4) is 12.3 Å². The van der Waals surface area contributed by atoms with Gasteiger partial charge in [0.05, 0.1) is 5.92 Å². The number of hydrogen-bond acceptors (Lipinski definition) is 3. The van der Waals surface area contributed by atoms with E-state index in [9.17, 15) is 13.2 Å². The van der Waals surface area contributed by atoms with Crippen LogP contribution in [0.5, 0.6) is 0 Å². The molecular formula is C12H20N2O4S. The number of nitrogens with zero attached hydrogens (tertiary/aromatic N) is 1. The fourth-order valence-corrected chi connectivity index (χ4v) is 3.26. The molecule has 7 heteroatoms. The molecule has 1 rings (SSSR count). The highest BCUT2D eigenvalue weighted by Gasteiger charge is 2.30. The second kappa shape index (κ2) is 7.48. The highest BCUT2D eigenvalue weighted by molar-refractivity contribution is 7.87. The molecule has 0 radical (unpaired) electrons. The fourth-order valence-electron chi connectivity index (χ4n) is 1.99. The number of carbonyl (C=O) groups is 1. The van der Waals surface area contributed by atoms with Crippen molar-refractivity contribution in [1.82, 2.24) is 9.03 Å². The molecule has 6 nitrogen and oxygen atoms in total. The summed E-state index contributed by atoms with van der Waals surface area (Å²) in [7, 11) is -3.48. The van der Waals surface area contributed by atoms with Crippen molar-refractivity contribution in [1.29, 1.82) is 0 Å². The predicted octanol–water partition coefficient (Wildman–Crippen LogP) is 0.421. The first kappa shape index (κ1) is 16.0. The molecule has 1 saturated heterocycles. The van der Waals surface area contributed by atoms with Gasteiger partial charge >= 0.3 is 5.97 Å². The third kappa shape index (κ3) is 5.19. The lowest BCUT2D eigenvalue weighted by atomic mass is 9.99. The van der Waals surface area contributed by atoms with Crippen molar-refractivity contribution in [2.24, 2.45) is 5.92 Å². The summed E-state index contributed by atoms with van der Waals surface area (Å²) >= 11 is 0. The molecule has 0 spiro atoms. The van der Waals surface area contributed by atoms with Crippen LogP contribution in [-0.4, -0.2) is 43.4 Å². The standard InChI is InChI=1S/C12H20N2O4S/c1-2-3-4-5-8-13-19(17,18)14-9-6-11(7-10-14)12(15)16/h1,11,13H,3-10H2,(H,15,16). The topological polar surface area (TPSA) is 86.7 Å². The van der Waals surface area contributed by atoms with Gasteiger partial charge in [0, 0.05) is 26.1 Å². The Bertz CT molecular complexity index is 433. The number of unbranched alkanes of at least 4 members (excludes halogenated alkanes) is 2. The molecule has 1 heterocycles. The minimum atomic E-state index is -3.48. The first-order valence-corrected chi connectivity index (χ1v) is 7.82. The van der Waals surface area contributed by atoms with Crippen LogP contribution in [0, 0.1) is 18.3 Å². The number of terminal acetylenes is 1. The van der Waals surface area contributed by atoms with Crippen LogP contribution < -0.4 is 4.72 Å². The molecule has 108 valence electrons. The molecular weight excluding hydrogens is 268 g/mol. The number of aliphatic carboxylic acids is 1.